The lowest BCUT2D eigenvalue weighted by molar-refractivity contribution is -0.137. The minimum atomic E-state index is -0.489. The van der Waals surface area contributed by atoms with Crippen molar-refractivity contribution < 1.29 is 19.1 Å². The number of hydrogen-bond donors (Lipinski definition) is 1. The summed E-state index contributed by atoms with van der Waals surface area (Å²) >= 11 is 0. The van der Waals surface area contributed by atoms with Gasteiger partial charge in [0, 0.05) is 12.6 Å². The molecule has 1 aromatic carbocycles. The molecule has 0 bridgehead atoms. The lowest BCUT2D eigenvalue weighted by Gasteiger charge is -2.19. The molecule has 0 fully saturated rings. The van der Waals surface area contributed by atoms with E-state index < -0.39 is 11.7 Å². The van der Waals surface area contributed by atoms with E-state index in [1.165, 1.54) is 6.08 Å². The van der Waals surface area contributed by atoms with Gasteiger partial charge in [-0.3, -0.25) is 0 Å². The van der Waals surface area contributed by atoms with Gasteiger partial charge in [-0.2, -0.15) is 0 Å². The maximum Gasteiger partial charge on any atom is 0.407 e. The van der Waals surface area contributed by atoms with Gasteiger partial charge in [0.1, 0.15) is 5.60 Å². The molecule has 1 amide bonds. The molecule has 0 atom stereocenters. The van der Waals surface area contributed by atoms with Crippen molar-refractivity contribution in [1.29, 1.82) is 0 Å². The number of nitrogens with one attached hydrogen (secondary N) is 1. The standard InChI is InChI=1S/C18H25NO4/c1-5-22-16(20)11-10-14-6-8-15(9-7-14)12-13-19-17(21)23-18(2,3)4/h6-11H,5,12-13H2,1-4H3,(H,19,21). The zero-order valence-corrected chi connectivity index (χ0v) is 14.2. The number of rotatable bonds is 6. The van der Waals surface area contributed by atoms with Crippen LogP contribution in [0, 0.1) is 0 Å². The Morgan fingerprint density at radius 1 is 1.17 bits per heavy atom. The third-order valence-electron chi connectivity index (χ3n) is 2.76. The van der Waals surface area contributed by atoms with Crippen LogP contribution in [0.3, 0.4) is 0 Å². The van der Waals surface area contributed by atoms with Gasteiger partial charge in [0.05, 0.1) is 6.61 Å². The first kappa shape index (κ1) is 18.7. The third kappa shape index (κ3) is 8.66. The van der Waals surface area contributed by atoms with Crippen molar-refractivity contribution >= 4 is 18.1 Å². The normalized spacial score (nSPS) is 11.3. The Bertz CT molecular complexity index is 541. The molecule has 0 spiro atoms. The highest BCUT2D eigenvalue weighted by Crippen LogP contribution is 2.08. The minimum absolute atomic E-state index is 0.349. The van der Waals surface area contributed by atoms with Gasteiger partial charge in [0.25, 0.3) is 0 Å². The molecule has 0 aliphatic rings. The van der Waals surface area contributed by atoms with E-state index in [0.29, 0.717) is 19.6 Å². The molecule has 5 nitrogen and oxygen atoms in total. The summed E-state index contributed by atoms with van der Waals surface area (Å²) in [6.07, 6.45) is 3.41. The highest BCUT2D eigenvalue weighted by Gasteiger charge is 2.15. The number of hydrogen-bond acceptors (Lipinski definition) is 4. The van der Waals surface area contributed by atoms with Crippen molar-refractivity contribution in [3.8, 4) is 0 Å². The van der Waals surface area contributed by atoms with E-state index in [4.69, 9.17) is 9.47 Å². The molecule has 5 heteroatoms. The summed E-state index contributed by atoms with van der Waals surface area (Å²) in [5.41, 5.74) is 1.52. The van der Waals surface area contributed by atoms with Crippen LogP contribution in [0.25, 0.3) is 6.08 Å². The molecule has 126 valence electrons. The van der Waals surface area contributed by atoms with E-state index in [1.807, 2.05) is 45.0 Å². The summed E-state index contributed by atoms with van der Waals surface area (Å²) in [5.74, 6) is -0.349. The van der Waals surface area contributed by atoms with Gasteiger partial charge in [-0.25, -0.2) is 9.59 Å². The molecule has 0 radical (unpaired) electrons. The van der Waals surface area contributed by atoms with E-state index in [-0.39, 0.29) is 5.97 Å². The summed E-state index contributed by atoms with van der Waals surface area (Å²) in [7, 11) is 0. The summed E-state index contributed by atoms with van der Waals surface area (Å²) in [6.45, 7) is 8.13. The first-order valence-electron chi connectivity index (χ1n) is 7.71. The number of ether oxygens (including phenoxy) is 2. The second-order valence-electron chi connectivity index (χ2n) is 6.01. The van der Waals surface area contributed by atoms with Gasteiger partial charge in [-0.05, 0) is 51.3 Å². The second kappa shape index (κ2) is 8.98. The average molecular weight is 319 g/mol. The lowest BCUT2D eigenvalue weighted by Crippen LogP contribution is -2.33. The van der Waals surface area contributed by atoms with Crippen LogP contribution in [0.15, 0.2) is 30.3 Å². The van der Waals surface area contributed by atoms with Gasteiger partial charge in [-0.15, -0.1) is 0 Å². The van der Waals surface area contributed by atoms with Crippen molar-refractivity contribution in [3.05, 3.63) is 41.5 Å². The fourth-order valence-electron chi connectivity index (χ4n) is 1.77. The van der Waals surface area contributed by atoms with Crippen molar-refractivity contribution in [3.63, 3.8) is 0 Å². The van der Waals surface area contributed by atoms with Crippen LogP contribution in [-0.4, -0.2) is 30.8 Å². The van der Waals surface area contributed by atoms with Crippen LogP contribution in [0.2, 0.25) is 0 Å². The topological polar surface area (TPSA) is 64.6 Å². The molecule has 0 unspecified atom stereocenters. The summed E-state index contributed by atoms with van der Waals surface area (Å²) in [5, 5.41) is 2.72. The van der Waals surface area contributed by atoms with E-state index >= 15 is 0 Å². The zero-order valence-electron chi connectivity index (χ0n) is 14.2. The Morgan fingerprint density at radius 2 is 1.83 bits per heavy atom. The Morgan fingerprint density at radius 3 is 2.39 bits per heavy atom. The van der Waals surface area contributed by atoms with Crippen LogP contribution >= 0.6 is 0 Å². The van der Waals surface area contributed by atoms with Crippen molar-refractivity contribution in [2.24, 2.45) is 0 Å². The fraction of sp³-hybridized carbons (Fsp3) is 0.444. The van der Waals surface area contributed by atoms with Crippen LogP contribution in [0.1, 0.15) is 38.8 Å². The minimum Gasteiger partial charge on any atom is -0.463 e. The monoisotopic (exact) mass is 319 g/mol. The Balaban J connectivity index is 2.40. The molecule has 0 aliphatic heterocycles. The summed E-state index contributed by atoms with van der Waals surface area (Å²) in [4.78, 5) is 22.7. The average Bonchev–Trinajstić information content (AvgIpc) is 2.45. The number of carbonyl (C=O) groups excluding carboxylic acids is 2. The number of alkyl carbamates (subject to hydrolysis) is 1. The number of carbonyl (C=O) groups is 2. The van der Waals surface area contributed by atoms with E-state index in [0.717, 1.165) is 11.1 Å². The SMILES string of the molecule is CCOC(=O)C=Cc1ccc(CCNC(=O)OC(C)(C)C)cc1. The smallest absolute Gasteiger partial charge is 0.407 e. The van der Waals surface area contributed by atoms with E-state index in [9.17, 15) is 9.59 Å². The molecule has 0 saturated heterocycles. The predicted molar refractivity (Wildman–Crippen MR) is 90.0 cm³/mol. The van der Waals surface area contributed by atoms with Gasteiger partial charge in [-0.1, -0.05) is 24.3 Å². The molecule has 0 aromatic heterocycles. The molecule has 1 rings (SSSR count). The van der Waals surface area contributed by atoms with Gasteiger partial charge in [0.15, 0.2) is 0 Å². The Kier molecular flexibility index (Phi) is 7.32. The Labute approximate surface area is 137 Å². The highest BCUT2D eigenvalue weighted by molar-refractivity contribution is 5.87. The highest BCUT2D eigenvalue weighted by atomic mass is 16.6. The summed E-state index contributed by atoms with van der Waals surface area (Å²) in [6, 6.07) is 7.75. The first-order chi connectivity index (χ1) is 10.8. The molecule has 0 heterocycles. The quantitative estimate of drug-likeness (QED) is 0.645. The van der Waals surface area contributed by atoms with Crippen LogP contribution < -0.4 is 5.32 Å². The number of amides is 1. The maximum absolute atomic E-state index is 11.5. The van der Waals surface area contributed by atoms with E-state index in [1.54, 1.807) is 13.0 Å². The summed E-state index contributed by atoms with van der Waals surface area (Å²) < 4.78 is 9.99. The molecule has 0 saturated carbocycles. The second-order valence-corrected chi connectivity index (χ2v) is 6.01. The zero-order chi connectivity index (χ0) is 17.3. The molecule has 0 aliphatic carbocycles. The molecular formula is C18H25NO4. The lowest BCUT2D eigenvalue weighted by atomic mass is 10.1. The van der Waals surface area contributed by atoms with Gasteiger partial charge < -0.3 is 14.8 Å². The first-order valence-corrected chi connectivity index (χ1v) is 7.71. The molecule has 23 heavy (non-hydrogen) atoms. The third-order valence-corrected chi connectivity index (χ3v) is 2.76. The van der Waals surface area contributed by atoms with Crippen molar-refractivity contribution in [2.75, 3.05) is 13.2 Å². The van der Waals surface area contributed by atoms with E-state index in [2.05, 4.69) is 5.32 Å². The molecule has 1 N–H and O–H groups in total. The predicted octanol–water partition coefficient (Wildman–Crippen LogP) is 3.33. The van der Waals surface area contributed by atoms with Crippen LogP contribution in [0.5, 0.6) is 0 Å². The Hall–Kier alpha value is -2.30. The van der Waals surface area contributed by atoms with Crippen molar-refractivity contribution in [2.45, 2.75) is 39.7 Å². The maximum atomic E-state index is 11.5. The van der Waals surface area contributed by atoms with Crippen molar-refractivity contribution in [1.82, 2.24) is 5.32 Å². The fourth-order valence-corrected chi connectivity index (χ4v) is 1.77. The number of benzene rings is 1. The largest absolute Gasteiger partial charge is 0.463 e. The molecular weight excluding hydrogens is 294 g/mol. The van der Waals surface area contributed by atoms with Gasteiger partial charge >= 0.3 is 12.1 Å². The van der Waals surface area contributed by atoms with Gasteiger partial charge in [0.2, 0.25) is 0 Å². The number of esters is 1. The molecule has 1 aromatic rings. The van der Waals surface area contributed by atoms with Crippen LogP contribution in [0.4, 0.5) is 4.79 Å². The van der Waals surface area contributed by atoms with Crippen LogP contribution in [-0.2, 0) is 20.7 Å².